The Morgan fingerprint density at radius 1 is 0.408 bits per heavy atom. The molecule has 0 heterocycles. The van der Waals surface area contributed by atoms with Crippen LogP contribution in [0.2, 0.25) is 0 Å². The maximum Gasteiger partial charge on any atom is 0.306 e. The van der Waals surface area contributed by atoms with E-state index in [-0.39, 0.29) is 31.1 Å². The summed E-state index contributed by atoms with van der Waals surface area (Å²) >= 11 is 0. The Labute approximate surface area is 304 Å². The normalized spacial score (nSPS) is 13.2. The molecule has 0 spiro atoms. The Morgan fingerprint density at radius 2 is 0.714 bits per heavy atom. The van der Waals surface area contributed by atoms with Crippen LogP contribution in [0.25, 0.3) is 0 Å². The maximum absolute atomic E-state index is 12.5. The van der Waals surface area contributed by atoms with Gasteiger partial charge >= 0.3 is 17.9 Å². The summed E-state index contributed by atoms with van der Waals surface area (Å²) in [4.78, 5) is 37.3. The largest absolute Gasteiger partial charge is 0.462 e. The van der Waals surface area contributed by atoms with E-state index in [1.807, 2.05) is 0 Å². The van der Waals surface area contributed by atoms with Crippen LogP contribution in [-0.2, 0) is 28.6 Å². The van der Waals surface area contributed by atoms with Crippen LogP contribution in [0.3, 0.4) is 0 Å². The maximum atomic E-state index is 12.5. The summed E-state index contributed by atoms with van der Waals surface area (Å²) in [6, 6.07) is 0. The van der Waals surface area contributed by atoms with Crippen molar-refractivity contribution in [3.63, 3.8) is 0 Å². The molecular weight excluding hydrogens is 612 g/mol. The molecular formula is C43H82O6. The van der Waals surface area contributed by atoms with Gasteiger partial charge in [-0.15, -0.1) is 0 Å². The molecule has 49 heavy (non-hydrogen) atoms. The van der Waals surface area contributed by atoms with Crippen molar-refractivity contribution in [1.82, 2.24) is 0 Å². The fourth-order valence-corrected chi connectivity index (χ4v) is 6.16. The van der Waals surface area contributed by atoms with Crippen molar-refractivity contribution < 1.29 is 28.6 Å². The molecule has 2 unspecified atom stereocenters. The van der Waals surface area contributed by atoms with Crippen LogP contribution in [0.15, 0.2) is 0 Å². The highest BCUT2D eigenvalue weighted by molar-refractivity contribution is 5.71. The van der Waals surface area contributed by atoms with E-state index in [1.165, 1.54) is 109 Å². The second kappa shape index (κ2) is 36.2. The quantitative estimate of drug-likeness (QED) is 0.0366. The fourth-order valence-electron chi connectivity index (χ4n) is 6.16. The average molecular weight is 695 g/mol. The van der Waals surface area contributed by atoms with E-state index >= 15 is 0 Å². The number of ether oxygens (including phenoxy) is 3. The molecule has 0 aromatic carbocycles. The summed E-state index contributed by atoms with van der Waals surface area (Å²) in [6.07, 6.45) is 32.5. The number of carbonyl (C=O) groups excluding carboxylic acids is 3. The molecule has 0 radical (unpaired) electrons. The van der Waals surface area contributed by atoms with Gasteiger partial charge in [-0.1, -0.05) is 189 Å². The lowest BCUT2D eigenvalue weighted by molar-refractivity contribution is -0.167. The van der Waals surface area contributed by atoms with Gasteiger partial charge in [-0.2, -0.15) is 0 Å². The van der Waals surface area contributed by atoms with Gasteiger partial charge in [0.2, 0.25) is 0 Å². The topological polar surface area (TPSA) is 78.9 Å². The molecule has 0 saturated carbocycles. The molecule has 0 aromatic heterocycles. The van der Waals surface area contributed by atoms with Crippen LogP contribution >= 0.6 is 0 Å². The minimum absolute atomic E-state index is 0.0671. The number of unbranched alkanes of at least 4 members (excludes halogenated alkanes) is 20. The van der Waals surface area contributed by atoms with Crippen molar-refractivity contribution in [3.8, 4) is 0 Å². The highest BCUT2D eigenvalue weighted by Gasteiger charge is 2.19. The highest BCUT2D eigenvalue weighted by Crippen LogP contribution is 2.17. The van der Waals surface area contributed by atoms with Crippen LogP contribution in [0.1, 0.15) is 227 Å². The summed E-state index contributed by atoms with van der Waals surface area (Å²) in [5.41, 5.74) is 0. The SMILES string of the molecule is CCCCCCCC(=O)O[C@H](COC(=O)CCCCCCCCCCCCC(C)CC)COC(=O)CCCCCCCCCCC(C)CC. The minimum Gasteiger partial charge on any atom is -0.462 e. The average Bonchev–Trinajstić information content (AvgIpc) is 3.10. The lowest BCUT2D eigenvalue weighted by Gasteiger charge is -2.18. The van der Waals surface area contributed by atoms with Crippen LogP contribution in [0.4, 0.5) is 0 Å². The molecule has 3 atom stereocenters. The zero-order valence-corrected chi connectivity index (χ0v) is 33.3. The van der Waals surface area contributed by atoms with Gasteiger partial charge in [0, 0.05) is 19.3 Å². The lowest BCUT2D eigenvalue weighted by Crippen LogP contribution is -2.30. The third-order valence-electron chi connectivity index (χ3n) is 10.2. The van der Waals surface area contributed by atoms with Crippen molar-refractivity contribution in [2.24, 2.45) is 11.8 Å². The zero-order valence-electron chi connectivity index (χ0n) is 33.3. The molecule has 0 saturated heterocycles. The van der Waals surface area contributed by atoms with Gasteiger partial charge < -0.3 is 14.2 Å². The molecule has 0 rings (SSSR count). The van der Waals surface area contributed by atoms with Gasteiger partial charge in [0.15, 0.2) is 6.10 Å². The van der Waals surface area contributed by atoms with Gasteiger partial charge in [0.1, 0.15) is 13.2 Å². The van der Waals surface area contributed by atoms with Crippen LogP contribution in [0.5, 0.6) is 0 Å². The highest BCUT2D eigenvalue weighted by atomic mass is 16.6. The Hall–Kier alpha value is -1.59. The fraction of sp³-hybridized carbons (Fsp3) is 0.930. The van der Waals surface area contributed by atoms with E-state index in [0.717, 1.165) is 76.0 Å². The summed E-state index contributed by atoms with van der Waals surface area (Å²) in [5.74, 6) is 0.841. The molecule has 0 aliphatic rings. The molecule has 0 aliphatic carbocycles. The second-order valence-corrected chi connectivity index (χ2v) is 15.1. The lowest BCUT2D eigenvalue weighted by atomic mass is 9.99. The molecule has 0 aliphatic heterocycles. The Bertz CT molecular complexity index is 753. The second-order valence-electron chi connectivity index (χ2n) is 15.1. The molecule has 0 N–H and O–H groups in total. The van der Waals surface area contributed by atoms with Crippen LogP contribution in [0, 0.1) is 11.8 Å². The van der Waals surface area contributed by atoms with Gasteiger partial charge in [-0.3, -0.25) is 14.4 Å². The standard InChI is InChI=1S/C43H82O6/c1-6-9-10-21-30-35-43(46)49-40(37-48-42(45)34-29-25-20-16-15-18-23-27-32-39(5)8-3)36-47-41(44)33-28-24-19-14-12-11-13-17-22-26-31-38(4)7-2/h38-40H,6-37H2,1-5H3/t38?,39?,40-/m1/s1. The number of hydrogen-bond donors (Lipinski definition) is 0. The molecule has 6 nitrogen and oxygen atoms in total. The molecule has 0 bridgehead atoms. The summed E-state index contributed by atoms with van der Waals surface area (Å²) < 4.78 is 16.6. The first-order valence-electron chi connectivity index (χ1n) is 21.3. The van der Waals surface area contributed by atoms with Gasteiger partial charge in [0.05, 0.1) is 0 Å². The first-order chi connectivity index (χ1) is 23.8. The van der Waals surface area contributed by atoms with Crippen LogP contribution < -0.4 is 0 Å². The van der Waals surface area contributed by atoms with E-state index < -0.39 is 6.10 Å². The van der Waals surface area contributed by atoms with Gasteiger partial charge in [-0.05, 0) is 31.1 Å². The smallest absolute Gasteiger partial charge is 0.306 e. The predicted octanol–water partition coefficient (Wildman–Crippen LogP) is 13.0. The monoisotopic (exact) mass is 695 g/mol. The van der Waals surface area contributed by atoms with Crippen LogP contribution in [-0.4, -0.2) is 37.2 Å². The molecule has 0 fully saturated rings. The first-order valence-corrected chi connectivity index (χ1v) is 21.3. The van der Waals surface area contributed by atoms with E-state index in [4.69, 9.17) is 14.2 Å². The van der Waals surface area contributed by atoms with Crippen molar-refractivity contribution in [2.75, 3.05) is 13.2 Å². The van der Waals surface area contributed by atoms with E-state index in [0.29, 0.717) is 19.3 Å². The Kier molecular flexibility index (Phi) is 35.0. The Balaban J connectivity index is 4.20. The van der Waals surface area contributed by atoms with E-state index in [1.54, 1.807) is 0 Å². The van der Waals surface area contributed by atoms with Crippen molar-refractivity contribution in [1.29, 1.82) is 0 Å². The third-order valence-corrected chi connectivity index (χ3v) is 10.2. The van der Waals surface area contributed by atoms with E-state index in [9.17, 15) is 14.4 Å². The number of carbonyl (C=O) groups is 3. The summed E-state index contributed by atoms with van der Waals surface area (Å²) in [7, 11) is 0. The van der Waals surface area contributed by atoms with Crippen molar-refractivity contribution >= 4 is 17.9 Å². The summed E-state index contributed by atoms with van der Waals surface area (Å²) in [6.45, 7) is 11.3. The first kappa shape index (κ1) is 47.4. The summed E-state index contributed by atoms with van der Waals surface area (Å²) in [5, 5.41) is 0. The Morgan fingerprint density at radius 3 is 1.06 bits per heavy atom. The number of rotatable bonds is 37. The molecule has 6 heteroatoms. The van der Waals surface area contributed by atoms with Crippen molar-refractivity contribution in [2.45, 2.75) is 233 Å². The zero-order chi connectivity index (χ0) is 36.2. The number of esters is 3. The number of hydrogen-bond acceptors (Lipinski definition) is 6. The predicted molar refractivity (Wildman–Crippen MR) is 206 cm³/mol. The van der Waals surface area contributed by atoms with Gasteiger partial charge in [0.25, 0.3) is 0 Å². The molecule has 290 valence electrons. The van der Waals surface area contributed by atoms with E-state index in [2.05, 4.69) is 34.6 Å². The van der Waals surface area contributed by atoms with Gasteiger partial charge in [-0.25, -0.2) is 0 Å². The minimum atomic E-state index is -0.758. The van der Waals surface area contributed by atoms with Crippen molar-refractivity contribution in [3.05, 3.63) is 0 Å². The molecule has 0 aromatic rings. The third kappa shape index (κ3) is 34.6. The molecule has 0 amide bonds.